The summed E-state index contributed by atoms with van der Waals surface area (Å²) < 4.78 is 6.53. The van der Waals surface area contributed by atoms with E-state index >= 15 is 0 Å². The van der Waals surface area contributed by atoms with Crippen molar-refractivity contribution in [1.82, 2.24) is 10.3 Å². The first-order valence-corrected chi connectivity index (χ1v) is 7.49. The van der Waals surface area contributed by atoms with Gasteiger partial charge in [0.05, 0.1) is 13.3 Å². The lowest BCUT2D eigenvalue weighted by atomic mass is 9.99. The molecule has 0 bridgehead atoms. The lowest BCUT2D eigenvalue weighted by molar-refractivity contribution is 0.397. The minimum atomic E-state index is 0.215. The van der Waals surface area contributed by atoms with Crippen LogP contribution in [0.4, 0.5) is 0 Å². The highest BCUT2D eigenvalue weighted by molar-refractivity contribution is 9.10. The fourth-order valence-electron chi connectivity index (χ4n) is 2.29. The molecule has 0 fully saturated rings. The second-order valence-electron chi connectivity index (χ2n) is 4.56. The van der Waals surface area contributed by atoms with Crippen LogP contribution in [-0.4, -0.2) is 18.6 Å². The van der Waals surface area contributed by atoms with Crippen molar-refractivity contribution < 1.29 is 4.74 Å². The molecule has 1 aromatic heterocycles. The molecule has 0 radical (unpaired) electrons. The topological polar surface area (TPSA) is 34.2 Å². The van der Waals surface area contributed by atoms with Crippen molar-refractivity contribution in [3.05, 3.63) is 58.3 Å². The van der Waals surface area contributed by atoms with Crippen molar-refractivity contribution in [3.63, 3.8) is 0 Å². The highest BCUT2D eigenvalue weighted by atomic mass is 79.9. The standard InChI is InChI=1S/C16H19BrN2O/c1-3-19-15(10-12-5-4-6-13(17)9-12)14-7-8-18-11-16(14)20-2/h4-9,11,15,19H,3,10H2,1-2H3. The van der Waals surface area contributed by atoms with Crippen LogP contribution in [0.1, 0.15) is 24.1 Å². The van der Waals surface area contributed by atoms with E-state index in [0.29, 0.717) is 0 Å². The van der Waals surface area contributed by atoms with Crippen molar-refractivity contribution in [1.29, 1.82) is 0 Å². The Hall–Kier alpha value is -1.39. The largest absolute Gasteiger partial charge is 0.495 e. The molecule has 2 rings (SSSR count). The van der Waals surface area contributed by atoms with E-state index < -0.39 is 0 Å². The number of ether oxygens (including phenoxy) is 1. The van der Waals surface area contributed by atoms with Crippen molar-refractivity contribution in [2.45, 2.75) is 19.4 Å². The number of nitrogens with one attached hydrogen (secondary N) is 1. The molecule has 0 aliphatic heterocycles. The third kappa shape index (κ3) is 3.81. The Kier molecular flexibility index (Phi) is 5.56. The summed E-state index contributed by atoms with van der Waals surface area (Å²) in [6.07, 6.45) is 4.48. The van der Waals surface area contributed by atoms with Gasteiger partial charge in [0.1, 0.15) is 5.75 Å². The average Bonchev–Trinajstić information content (AvgIpc) is 2.47. The van der Waals surface area contributed by atoms with Gasteiger partial charge < -0.3 is 10.1 Å². The Morgan fingerprint density at radius 1 is 1.35 bits per heavy atom. The van der Waals surface area contributed by atoms with Crippen molar-refractivity contribution in [2.24, 2.45) is 0 Å². The highest BCUT2D eigenvalue weighted by Crippen LogP contribution is 2.27. The van der Waals surface area contributed by atoms with Gasteiger partial charge >= 0.3 is 0 Å². The second kappa shape index (κ2) is 7.41. The van der Waals surface area contributed by atoms with Crippen molar-refractivity contribution in [3.8, 4) is 5.75 Å². The first-order chi connectivity index (χ1) is 9.74. The summed E-state index contributed by atoms with van der Waals surface area (Å²) in [6.45, 7) is 3.02. The molecule has 0 amide bonds. The smallest absolute Gasteiger partial charge is 0.141 e. The molecule has 1 N–H and O–H groups in total. The van der Waals surface area contributed by atoms with Crippen LogP contribution in [0.5, 0.6) is 5.75 Å². The summed E-state index contributed by atoms with van der Waals surface area (Å²) in [6, 6.07) is 10.6. The Labute approximate surface area is 128 Å². The van der Waals surface area contributed by atoms with Crippen LogP contribution < -0.4 is 10.1 Å². The van der Waals surface area contributed by atoms with E-state index in [0.717, 1.165) is 28.8 Å². The van der Waals surface area contributed by atoms with E-state index in [-0.39, 0.29) is 6.04 Å². The van der Waals surface area contributed by atoms with Gasteiger partial charge in [-0.3, -0.25) is 4.98 Å². The molecule has 106 valence electrons. The van der Waals surface area contributed by atoms with E-state index in [4.69, 9.17) is 4.74 Å². The zero-order valence-electron chi connectivity index (χ0n) is 11.8. The zero-order valence-corrected chi connectivity index (χ0v) is 13.4. The SMILES string of the molecule is CCNC(Cc1cccc(Br)c1)c1ccncc1OC. The fraction of sp³-hybridized carbons (Fsp3) is 0.312. The molecule has 1 atom stereocenters. The lowest BCUT2D eigenvalue weighted by Gasteiger charge is -2.20. The van der Waals surface area contributed by atoms with E-state index in [1.807, 2.05) is 18.3 Å². The van der Waals surface area contributed by atoms with Gasteiger partial charge in [0.25, 0.3) is 0 Å². The van der Waals surface area contributed by atoms with Gasteiger partial charge in [-0.05, 0) is 36.7 Å². The van der Waals surface area contributed by atoms with Crippen LogP contribution in [-0.2, 0) is 6.42 Å². The summed E-state index contributed by atoms with van der Waals surface area (Å²) >= 11 is 3.52. The molecular formula is C16H19BrN2O. The maximum Gasteiger partial charge on any atom is 0.141 e. The monoisotopic (exact) mass is 334 g/mol. The molecule has 0 spiro atoms. The Balaban J connectivity index is 2.26. The van der Waals surface area contributed by atoms with E-state index in [2.05, 4.69) is 51.4 Å². The van der Waals surface area contributed by atoms with Gasteiger partial charge in [0.15, 0.2) is 0 Å². The molecule has 4 heteroatoms. The first-order valence-electron chi connectivity index (χ1n) is 6.70. The number of halogens is 1. The summed E-state index contributed by atoms with van der Waals surface area (Å²) in [4.78, 5) is 4.12. The number of aromatic nitrogens is 1. The zero-order chi connectivity index (χ0) is 14.4. The van der Waals surface area contributed by atoms with Gasteiger partial charge in [-0.15, -0.1) is 0 Å². The van der Waals surface area contributed by atoms with Crippen LogP contribution in [0, 0.1) is 0 Å². The Bertz CT molecular complexity index is 560. The average molecular weight is 335 g/mol. The van der Waals surface area contributed by atoms with E-state index in [1.165, 1.54) is 5.56 Å². The van der Waals surface area contributed by atoms with Crippen LogP contribution in [0.3, 0.4) is 0 Å². The van der Waals surface area contributed by atoms with E-state index in [1.54, 1.807) is 13.3 Å². The minimum Gasteiger partial charge on any atom is -0.495 e. The lowest BCUT2D eigenvalue weighted by Crippen LogP contribution is -2.23. The van der Waals surface area contributed by atoms with Crippen LogP contribution >= 0.6 is 15.9 Å². The van der Waals surface area contributed by atoms with Crippen LogP contribution in [0.2, 0.25) is 0 Å². The number of rotatable bonds is 6. The number of methoxy groups -OCH3 is 1. The highest BCUT2D eigenvalue weighted by Gasteiger charge is 2.15. The number of nitrogens with zero attached hydrogens (tertiary/aromatic N) is 1. The third-order valence-electron chi connectivity index (χ3n) is 3.19. The summed E-state index contributed by atoms with van der Waals surface area (Å²) in [5, 5.41) is 3.52. The molecular weight excluding hydrogens is 316 g/mol. The molecule has 1 heterocycles. The predicted molar refractivity (Wildman–Crippen MR) is 85.1 cm³/mol. The number of hydrogen-bond acceptors (Lipinski definition) is 3. The molecule has 2 aromatic rings. The molecule has 0 saturated heterocycles. The number of likely N-dealkylation sites (N-methyl/N-ethyl adjacent to an activating group) is 1. The number of hydrogen-bond donors (Lipinski definition) is 1. The minimum absolute atomic E-state index is 0.215. The van der Waals surface area contributed by atoms with Crippen LogP contribution in [0.25, 0.3) is 0 Å². The third-order valence-corrected chi connectivity index (χ3v) is 3.68. The molecule has 0 aliphatic rings. The van der Waals surface area contributed by atoms with Gasteiger partial charge in [0, 0.05) is 22.3 Å². The van der Waals surface area contributed by atoms with Crippen molar-refractivity contribution in [2.75, 3.05) is 13.7 Å². The van der Waals surface area contributed by atoms with Gasteiger partial charge in [-0.1, -0.05) is 35.0 Å². The molecule has 1 aromatic carbocycles. The number of pyridine rings is 1. The molecule has 0 saturated carbocycles. The summed E-state index contributed by atoms with van der Waals surface area (Å²) in [5.41, 5.74) is 2.42. The van der Waals surface area contributed by atoms with Gasteiger partial charge in [-0.25, -0.2) is 0 Å². The maximum absolute atomic E-state index is 5.42. The van der Waals surface area contributed by atoms with Crippen LogP contribution in [0.15, 0.2) is 47.2 Å². The predicted octanol–water partition coefficient (Wildman–Crippen LogP) is 3.75. The van der Waals surface area contributed by atoms with Gasteiger partial charge in [-0.2, -0.15) is 0 Å². The maximum atomic E-state index is 5.42. The molecule has 1 unspecified atom stereocenters. The summed E-state index contributed by atoms with van der Waals surface area (Å²) in [5.74, 6) is 0.827. The summed E-state index contributed by atoms with van der Waals surface area (Å²) in [7, 11) is 1.68. The Morgan fingerprint density at radius 3 is 2.90 bits per heavy atom. The number of benzene rings is 1. The van der Waals surface area contributed by atoms with E-state index in [9.17, 15) is 0 Å². The second-order valence-corrected chi connectivity index (χ2v) is 5.48. The Morgan fingerprint density at radius 2 is 2.20 bits per heavy atom. The van der Waals surface area contributed by atoms with Crippen molar-refractivity contribution >= 4 is 15.9 Å². The quantitative estimate of drug-likeness (QED) is 0.873. The molecule has 3 nitrogen and oxygen atoms in total. The molecule has 0 aliphatic carbocycles. The normalized spacial score (nSPS) is 12.2. The fourth-order valence-corrected chi connectivity index (χ4v) is 2.73. The van der Waals surface area contributed by atoms with Gasteiger partial charge in [0.2, 0.25) is 0 Å². The molecule has 20 heavy (non-hydrogen) atoms. The first kappa shape index (κ1) is 15.0.